The number of β-lactam (4-membered cyclic amide) rings is 1. The lowest BCUT2D eigenvalue weighted by atomic mass is 9.77. The highest BCUT2D eigenvalue weighted by Crippen LogP contribution is 2.52. The molecule has 0 saturated carbocycles. The number of nitro benzene ring substituents is 1. The van der Waals surface area contributed by atoms with Crippen LogP contribution in [0.1, 0.15) is 31.2 Å². The minimum absolute atomic E-state index is 0.0500. The molecule has 0 radical (unpaired) electrons. The van der Waals surface area contributed by atoms with Crippen LogP contribution in [0.25, 0.3) is 10.4 Å². The number of hydrogen-bond donors (Lipinski definition) is 1. The lowest BCUT2D eigenvalue weighted by molar-refractivity contribution is -0.726. The van der Waals surface area contributed by atoms with Crippen molar-refractivity contribution < 1.29 is 28.9 Å². The summed E-state index contributed by atoms with van der Waals surface area (Å²) >= 11 is 3.21. The molecule has 2 aliphatic rings. The molecular formula is C25H27N4O6S2+. The summed E-state index contributed by atoms with van der Waals surface area (Å²) in [6, 6.07) is 5.46. The Morgan fingerprint density at radius 3 is 2.65 bits per heavy atom. The number of aryl methyl sites for hydroxylation is 1. The van der Waals surface area contributed by atoms with Gasteiger partial charge in [-0.2, -0.15) is 4.40 Å². The number of carbonyl (C=O) groups is 2. The molecule has 0 unspecified atom stereocenters. The second-order valence-corrected chi connectivity index (χ2v) is 11.1. The summed E-state index contributed by atoms with van der Waals surface area (Å²) in [4.78, 5) is 40.3. The smallest absolute Gasteiger partial charge is 0.355 e. The fraction of sp³-hybridized carbons (Fsp3) is 0.400. The third kappa shape index (κ3) is 4.03. The molecule has 4 atom stereocenters. The van der Waals surface area contributed by atoms with Crippen LogP contribution >= 0.6 is 23.1 Å². The number of nitrogens with zero attached hydrogens (tertiary/aromatic N) is 4. The van der Waals surface area contributed by atoms with Gasteiger partial charge in [-0.15, -0.1) is 0 Å². The summed E-state index contributed by atoms with van der Waals surface area (Å²) in [6.45, 7) is 6.40. The molecule has 0 bridgehead atoms. The summed E-state index contributed by atoms with van der Waals surface area (Å²) in [5.41, 5.74) is 1.49. The van der Waals surface area contributed by atoms with Crippen molar-refractivity contribution in [3.05, 3.63) is 63.0 Å². The standard InChI is InChI=1S/C25H27N4O6S2/c1-5-26-12-27-10-17(37-24(27)23(26)36-4)18-13(2)20-19(14(3)30)22(31)28(20)21(18)25(32)35-11-15-6-8-16(9-7-15)29(33)34/h6-10,12-14,19-20,30H,5,11H2,1-4H3/q+1/t13-,14+,19+,20+/m0/s1. The van der Waals surface area contributed by atoms with Gasteiger partial charge in [-0.3, -0.25) is 14.9 Å². The summed E-state index contributed by atoms with van der Waals surface area (Å²) in [5, 5.41) is 22.3. The quantitative estimate of drug-likeness (QED) is 0.116. The number of benzene rings is 1. The lowest BCUT2D eigenvalue weighted by Gasteiger charge is -2.46. The Morgan fingerprint density at radius 2 is 2.05 bits per heavy atom. The zero-order chi connectivity index (χ0) is 26.6. The van der Waals surface area contributed by atoms with E-state index in [4.69, 9.17) is 4.74 Å². The number of ether oxygens (including phenoxy) is 1. The molecule has 1 amide bonds. The topological polar surface area (TPSA) is 118 Å². The summed E-state index contributed by atoms with van der Waals surface area (Å²) in [5.74, 6) is -1.69. The highest BCUT2D eigenvalue weighted by Gasteiger charge is 2.60. The summed E-state index contributed by atoms with van der Waals surface area (Å²) < 4.78 is 9.81. The Morgan fingerprint density at radius 1 is 1.35 bits per heavy atom. The van der Waals surface area contributed by atoms with Crippen molar-refractivity contribution in [1.29, 1.82) is 0 Å². The van der Waals surface area contributed by atoms with Crippen LogP contribution < -0.4 is 4.57 Å². The molecule has 10 nitrogen and oxygen atoms in total. The zero-order valence-electron chi connectivity index (χ0n) is 20.8. The number of amides is 1. The molecule has 1 aromatic carbocycles. The van der Waals surface area contributed by atoms with Gasteiger partial charge in [0.15, 0.2) is 0 Å². The molecule has 2 aliphatic heterocycles. The first-order valence-electron chi connectivity index (χ1n) is 11.9. The number of aliphatic hydroxyl groups excluding tert-OH is 1. The Bertz CT molecular complexity index is 1440. The van der Waals surface area contributed by atoms with Crippen molar-refractivity contribution in [2.45, 2.75) is 51.1 Å². The second-order valence-electron chi connectivity index (χ2n) is 9.23. The van der Waals surface area contributed by atoms with Crippen molar-refractivity contribution >= 4 is 51.1 Å². The minimum atomic E-state index is -0.835. The van der Waals surface area contributed by atoms with Crippen LogP contribution in [0.4, 0.5) is 5.69 Å². The maximum Gasteiger partial charge on any atom is 0.355 e. The van der Waals surface area contributed by atoms with E-state index in [0.29, 0.717) is 5.56 Å². The van der Waals surface area contributed by atoms with Crippen molar-refractivity contribution in [2.24, 2.45) is 11.8 Å². The van der Waals surface area contributed by atoms with E-state index in [0.717, 1.165) is 26.9 Å². The first-order valence-corrected chi connectivity index (χ1v) is 14.0. The van der Waals surface area contributed by atoms with Gasteiger partial charge in [0.2, 0.25) is 15.8 Å². The minimum Gasteiger partial charge on any atom is -0.456 e. The molecule has 0 aliphatic carbocycles. The average molecular weight is 544 g/mol. The molecule has 0 spiro atoms. The number of nitro groups is 1. The molecule has 3 aromatic rings. The van der Waals surface area contributed by atoms with Gasteiger partial charge < -0.3 is 14.7 Å². The lowest BCUT2D eigenvalue weighted by Crippen LogP contribution is -2.63. The van der Waals surface area contributed by atoms with E-state index in [9.17, 15) is 24.8 Å². The van der Waals surface area contributed by atoms with E-state index in [2.05, 4.69) is 11.5 Å². The van der Waals surface area contributed by atoms with E-state index in [1.807, 2.05) is 30.1 Å². The molecule has 4 heterocycles. The number of imidazole rings is 1. The number of rotatable bonds is 8. The van der Waals surface area contributed by atoms with Crippen molar-refractivity contribution in [2.75, 3.05) is 6.26 Å². The van der Waals surface area contributed by atoms with Crippen molar-refractivity contribution in [1.82, 2.24) is 9.30 Å². The Kier molecular flexibility index (Phi) is 6.59. The van der Waals surface area contributed by atoms with E-state index in [-0.39, 0.29) is 35.9 Å². The highest BCUT2D eigenvalue weighted by molar-refractivity contribution is 7.98. The molecule has 2 aromatic heterocycles. The van der Waals surface area contributed by atoms with Crippen LogP contribution in [0.15, 0.2) is 47.5 Å². The number of non-ortho nitro benzene ring substituents is 1. The average Bonchev–Trinajstić information content (AvgIpc) is 3.49. The fourth-order valence-corrected chi connectivity index (χ4v) is 7.54. The van der Waals surface area contributed by atoms with Crippen LogP contribution in [0.5, 0.6) is 0 Å². The van der Waals surface area contributed by atoms with Gasteiger partial charge >= 0.3 is 5.97 Å². The Balaban J connectivity index is 1.51. The molecule has 1 fully saturated rings. The van der Waals surface area contributed by atoms with E-state index in [1.165, 1.54) is 29.2 Å². The fourth-order valence-electron chi connectivity index (χ4n) is 5.30. The van der Waals surface area contributed by atoms with E-state index in [1.54, 1.807) is 30.0 Å². The second kappa shape index (κ2) is 9.58. The first-order chi connectivity index (χ1) is 17.7. The summed E-state index contributed by atoms with van der Waals surface area (Å²) in [7, 11) is 0. The van der Waals surface area contributed by atoms with Gasteiger partial charge in [0.1, 0.15) is 18.5 Å². The maximum absolute atomic E-state index is 13.5. The van der Waals surface area contributed by atoms with Gasteiger partial charge in [-0.25, -0.2) is 9.36 Å². The number of hydrogen-bond acceptors (Lipinski definition) is 8. The Labute approximate surface area is 221 Å². The van der Waals surface area contributed by atoms with Gasteiger partial charge in [0.05, 0.1) is 34.4 Å². The SMILES string of the molecule is CC[n+]1cn2cc(C3=C(C(=O)OCc4ccc([N+](=O)[O-])cc4)N4C(=O)[C@H]([C@@H](C)O)[C@H]4[C@H]3C)sc2c1SC. The first kappa shape index (κ1) is 25.4. The third-order valence-electron chi connectivity index (χ3n) is 7.09. The third-order valence-corrected chi connectivity index (χ3v) is 9.17. The van der Waals surface area contributed by atoms with Crippen LogP contribution in [-0.4, -0.2) is 49.6 Å². The highest BCUT2D eigenvalue weighted by atomic mass is 32.2. The zero-order valence-corrected chi connectivity index (χ0v) is 22.4. The number of thioether (sulfide) groups is 1. The van der Waals surface area contributed by atoms with Gasteiger partial charge in [-0.1, -0.05) is 30.0 Å². The van der Waals surface area contributed by atoms with Gasteiger partial charge in [-0.05, 0) is 37.8 Å². The van der Waals surface area contributed by atoms with Gasteiger partial charge in [0, 0.05) is 23.6 Å². The van der Waals surface area contributed by atoms with Crippen molar-refractivity contribution in [3.8, 4) is 0 Å². The maximum atomic E-state index is 13.5. The molecule has 12 heteroatoms. The Hall–Kier alpha value is -3.22. The van der Waals surface area contributed by atoms with E-state index < -0.39 is 22.9 Å². The van der Waals surface area contributed by atoms with Crippen LogP contribution in [-0.2, 0) is 27.5 Å². The molecule has 5 rings (SSSR count). The van der Waals surface area contributed by atoms with Gasteiger partial charge in [0.25, 0.3) is 12.0 Å². The number of aromatic nitrogens is 2. The predicted molar refractivity (Wildman–Crippen MR) is 138 cm³/mol. The number of thiazole rings is 1. The number of carbonyl (C=O) groups excluding carboxylic acids is 2. The van der Waals surface area contributed by atoms with Crippen LogP contribution in [0.2, 0.25) is 0 Å². The molecular weight excluding hydrogens is 516 g/mol. The molecule has 194 valence electrons. The normalized spacial score (nSPS) is 21.8. The number of aliphatic hydroxyl groups is 1. The summed E-state index contributed by atoms with van der Waals surface area (Å²) in [6.07, 6.45) is 5.19. The monoisotopic (exact) mass is 543 g/mol. The molecule has 1 saturated heterocycles. The predicted octanol–water partition coefficient (Wildman–Crippen LogP) is 3.25. The van der Waals surface area contributed by atoms with Crippen molar-refractivity contribution in [3.63, 3.8) is 0 Å². The van der Waals surface area contributed by atoms with Crippen LogP contribution in [0.3, 0.4) is 0 Å². The number of fused-ring (bicyclic) bond motifs is 2. The van der Waals surface area contributed by atoms with E-state index >= 15 is 0 Å². The number of esters is 1. The molecule has 37 heavy (non-hydrogen) atoms. The largest absolute Gasteiger partial charge is 0.456 e. The van der Waals surface area contributed by atoms with Crippen LogP contribution in [0, 0.1) is 22.0 Å². The molecule has 1 N–H and O–H groups in total.